The lowest BCUT2D eigenvalue weighted by Crippen LogP contribution is -2.38. The number of aliphatic hydroxyl groups is 1. The highest BCUT2D eigenvalue weighted by atomic mass is 19.4. The summed E-state index contributed by atoms with van der Waals surface area (Å²) >= 11 is 0. The Morgan fingerprint density at radius 3 is 2.29 bits per heavy atom. The molecule has 14 heavy (non-hydrogen) atoms. The van der Waals surface area contributed by atoms with Crippen molar-refractivity contribution in [2.75, 3.05) is 13.2 Å². The first-order valence-electron chi connectivity index (χ1n) is 3.56. The van der Waals surface area contributed by atoms with Gasteiger partial charge in [0.1, 0.15) is 6.04 Å². The van der Waals surface area contributed by atoms with Crippen molar-refractivity contribution in [1.29, 1.82) is 0 Å². The maximum atomic E-state index is 11.7. The van der Waals surface area contributed by atoms with Gasteiger partial charge in [0.05, 0.1) is 13.2 Å². The van der Waals surface area contributed by atoms with Crippen LogP contribution in [0, 0.1) is 0 Å². The molecule has 0 unspecified atom stereocenters. The summed E-state index contributed by atoms with van der Waals surface area (Å²) in [6.45, 7) is -1.60. The third kappa shape index (κ3) is 5.00. The van der Waals surface area contributed by atoms with Gasteiger partial charge >= 0.3 is 12.1 Å². The number of aliphatic carboxylic acids is 1. The number of halogens is 3. The molecule has 0 radical (unpaired) electrons. The Balaban J connectivity index is 3.70. The molecule has 0 saturated heterocycles. The van der Waals surface area contributed by atoms with Crippen LogP contribution in [-0.4, -0.2) is 47.7 Å². The molecule has 5 nitrogen and oxygen atoms in total. The van der Waals surface area contributed by atoms with E-state index in [-0.39, 0.29) is 0 Å². The van der Waals surface area contributed by atoms with Gasteiger partial charge in [0.2, 0.25) is 0 Å². The number of hydrogen-bond acceptors (Lipinski definition) is 4. The van der Waals surface area contributed by atoms with Crippen molar-refractivity contribution in [2.45, 2.75) is 18.3 Å². The summed E-state index contributed by atoms with van der Waals surface area (Å²) in [5.41, 5.74) is 4.92. The molecule has 0 aliphatic carbocycles. The Morgan fingerprint density at radius 2 is 1.93 bits per heavy atom. The third-order valence-corrected chi connectivity index (χ3v) is 1.27. The second-order valence-corrected chi connectivity index (χ2v) is 2.54. The van der Waals surface area contributed by atoms with Gasteiger partial charge in [-0.1, -0.05) is 0 Å². The second kappa shape index (κ2) is 5.13. The van der Waals surface area contributed by atoms with Crippen LogP contribution in [-0.2, 0) is 9.53 Å². The van der Waals surface area contributed by atoms with E-state index >= 15 is 0 Å². The molecule has 0 fully saturated rings. The van der Waals surface area contributed by atoms with Gasteiger partial charge in [0.15, 0.2) is 6.10 Å². The number of aliphatic hydroxyl groups excluding tert-OH is 1. The van der Waals surface area contributed by atoms with Crippen LogP contribution < -0.4 is 5.73 Å². The van der Waals surface area contributed by atoms with Crippen molar-refractivity contribution < 1.29 is 32.9 Å². The normalized spacial score (nSPS) is 16.4. The van der Waals surface area contributed by atoms with E-state index in [4.69, 9.17) is 15.9 Å². The highest BCUT2D eigenvalue weighted by Gasteiger charge is 2.38. The summed E-state index contributed by atoms with van der Waals surface area (Å²) < 4.78 is 39.2. The molecule has 0 saturated carbocycles. The first-order chi connectivity index (χ1) is 6.25. The molecule has 2 atom stereocenters. The standard InChI is InChI=1S/C6H10F3NO4/c7-6(8,9)4(11)2-14-1-3(10)5(12)13/h3-4,11H,1-2,10H2,(H,12,13)/t3-,4+/m0/s1. The SMILES string of the molecule is N[C@@H](COC[C@@H](O)C(F)(F)F)C(=O)O. The first-order valence-corrected chi connectivity index (χ1v) is 3.56. The van der Waals surface area contributed by atoms with Gasteiger partial charge in [-0.3, -0.25) is 4.79 Å². The minimum Gasteiger partial charge on any atom is -0.480 e. The van der Waals surface area contributed by atoms with Crippen molar-refractivity contribution >= 4 is 5.97 Å². The van der Waals surface area contributed by atoms with Gasteiger partial charge in [-0.25, -0.2) is 0 Å². The third-order valence-electron chi connectivity index (χ3n) is 1.27. The fraction of sp³-hybridized carbons (Fsp3) is 0.833. The zero-order chi connectivity index (χ0) is 11.4. The predicted octanol–water partition coefficient (Wildman–Crippen LogP) is -0.662. The zero-order valence-electron chi connectivity index (χ0n) is 6.99. The molecule has 0 amide bonds. The molecule has 0 rings (SSSR count). The van der Waals surface area contributed by atoms with Gasteiger partial charge in [0, 0.05) is 0 Å². The summed E-state index contributed by atoms with van der Waals surface area (Å²) in [6, 6.07) is -1.39. The average Bonchev–Trinajstić information content (AvgIpc) is 2.01. The van der Waals surface area contributed by atoms with E-state index in [1.165, 1.54) is 0 Å². The van der Waals surface area contributed by atoms with Crippen molar-refractivity contribution in [1.82, 2.24) is 0 Å². The van der Waals surface area contributed by atoms with Crippen molar-refractivity contribution in [3.05, 3.63) is 0 Å². The van der Waals surface area contributed by atoms with E-state index in [0.29, 0.717) is 0 Å². The highest BCUT2D eigenvalue weighted by molar-refractivity contribution is 5.73. The summed E-state index contributed by atoms with van der Waals surface area (Å²) in [7, 11) is 0. The fourth-order valence-electron chi connectivity index (χ4n) is 0.472. The van der Waals surface area contributed by atoms with E-state index in [1.54, 1.807) is 0 Å². The molecule has 0 spiro atoms. The summed E-state index contributed by atoms with van der Waals surface area (Å²) in [5, 5.41) is 16.6. The van der Waals surface area contributed by atoms with Crippen molar-refractivity contribution in [3.8, 4) is 0 Å². The lowest BCUT2D eigenvalue weighted by molar-refractivity contribution is -0.217. The van der Waals surface area contributed by atoms with Crippen LogP contribution in [0.3, 0.4) is 0 Å². The van der Waals surface area contributed by atoms with Gasteiger partial charge in [-0.2, -0.15) is 13.2 Å². The Morgan fingerprint density at radius 1 is 1.43 bits per heavy atom. The lowest BCUT2D eigenvalue weighted by Gasteiger charge is -2.15. The summed E-state index contributed by atoms with van der Waals surface area (Å²) in [4.78, 5) is 10.1. The number of carboxylic acids is 1. The fourth-order valence-corrected chi connectivity index (χ4v) is 0.472. The smallest absolute Gasteiger partial charge is 0.416 e. The molecule has 84 valence electrons. The summed E-state index contributed by atoms with van der Waals surface area (Å²) in [5.74, 6) is -1.38. The van der Waals surface area contributed by atoms with Crippen LogP contribution in [0.15, 0.2) is 0 Å². The molecule has 0 aliphatic rings. The molecule has 0 bridgehead atoms. The molecule has 0 heterocycles. The zero-order valence-corrected chi connectivity index (χ0v) is 6.99. The molecule has 0 aromatic rings. The van der Waals surface area contributed by atoms with Crippen LogP contribution in [0.1, 0.15) is 0 Å². The van der Waals surface area contributed by atoms with Crippen LogP contribution in [0.4, 0.5) is 13.2 Å². The van der Waals surface area contributed by atoms with Crippen molar-refractivity contribution in [3.63, 3.8) is 0 Å². The Hall–Kier alpha value is -0.860. The van der Waals surface area contributed by atoms with Gasteiger partial charge in [-0.15, -0.1) is 0 Å². The Bertz CT molecular complexity index is 196. The van der Waals surface area contributed by atoms with E-state index in [9.17, 15) is 18.0 Å². The number of nitrogens with two attached hydrogens (primary N) is 1. The minimum absolute atomic E-state index is 0.581. The highest BCUT2D eigenvalue weighted by Crippen LogP contribution is 2.19. The Labute approximate surface area is 77.3 Å². The van der Waals surface area contributed by atoms with E-state index < -0.39 is 37.5 Å². The number of carbonyl (C=O) groups is 1. The van der Waals surface area contributed by atoms with Gasteiger partial charge in [-0.05, 0) is 0 Å². The number of hydrogen-bond donors (Lipinski definition) is 3. The molecule has 0 aromatic heterocycles. The van der Waals surface area contributed by atoms with Gasteiger partial charge in [0.25, 0.3) is 0 Å². The molecular weight excluding hydrogens is 207 g/mol. The number of alkyl halides is 3. The van der Waals surface area contributed by atoms with Crippen LogP contribution in [0.25, 0.3) is 0 Å². The van der Waals surface area contributed by atoms with E-state index in [0.717, 1.165) is 0 Å². The number of rotatable bonds is 5. The number of ether oxygens (including phenoxy) is 1. The van der Waals surface area contributed by atoms with Crippen molar-refractivity contribution in [2.24, 2.45) is 5.73 Å². The molecule has 0 aromatic carbocycles. The maximum Gasteiger partial charge on any atom is 0.416 e. The maximum absolute atomic E-state index is 11.7. The van der Waals surface area contributed by atoms with Gasteiger partial charge < -0.3 is 20.7 Å². The van der Waals surface area contributed by atoms with E-state index in [1.807, 2.05) is 0 Å². The predicted molar refractivity (Wildman–Crippen MR) is 38.5 cm³/mol. The lowest BCUT2D eigenvalue weighted by atomic mass is 10.3. The van der Waals surface area contributed by atoms with Crippen LogP contribution in [0.5, 0.6) is 0 Å². The minimum atomic E-state index is -4.77. The Kier molecular flexibility index (Phi) is 4.81. The molecular formula is C6H10F3NO4. The van der Waals surface area contributed by atoms with Crippen LogP contribution >= 0.6 is 0 Å². The van der Waals surface area contributed by atoms with Crippen LogP contribution in [0.2, 0.25) is 0 Å². The topological polar surface area (TPSA) is 92.8 Å². The largest absolute Gasteiger partial charge is 0.480 e. The second-order valence-electron chi connectivity index (χ2n) is 2.54. The summed E-state index contributed by atoms with van der Waals surface area (Å²) in [6.07, 6.45) is -7.39. The quantitative estimate of drug-likeness (QED) is 0.568. The monoisotopic (exact) mass is 217 g/mol. The average molecular weight is 217 g/mol. The number of carboxylic acid groups (broad SMARTS) is 1. The molecule has 8 heteroatoms. The first kappa shape index (κ1) is 13.1. The van der Waals surface area contributed by atoms with E-state index in [2.05, 4.69) is 4.74 Å². The molecule has 4 N–H and O–H groups in total. The molecule has 0 aliphatic heterocycles.